The molecular formula is C21H22BrN3O5. The zero-order chi connectivity index (χ0) is 22.1. The molecule has 30 heavy (non-hydrogen) atoms. The Morgan fingerprint density at radius 2 is 1.40 bits per heavy atom. The average Bonchev–Trinajstić information content (AvgIpc) is 2.69. The number of amides is 3. The number of carbonyl (C=O) groups is 4. The Labute approximate surface area is 182 Å². The number of aryl methyl sites for hydroxylation is 1. The van der Waals surface area contributed by atoms with E-state index in [0.717, 1.165) is 10.0 Å². The highest BCUT2D eigenvalue weighted by molar-refractivity contribution is 9.10. The van der Waals surface area contributed by atoms with Crippen LogP contribution in [0.4, 0.5) is 17.1 Å². The summed E-state index contributed by atoms with van der Waals surface area (Å²) >= 11 is 3.38. The molecule has 3 N–H and O–H groups in total. The third-order valence-corrected chi connectivity index (χ3v) is 4.74. The lowest BCUT2D eigenvalue weighted by atomic mass is 10.2. The van der Waals surface area contributed by atoms with Crippen molar-refractivity contribution in [3.8, 4) is 0 Å². The summed E-state index contributed by atoms with van der Waals surface area (Å²) in [5.41, 5.74) is 2.70. The van der Waals surface area contributed by atoms with Crippen LogP contribution >= 0.6 is 15.9 Å². The summed E-state index contributed by atoms with van der Waals surface area (Å²) in [6.07, 6.45) is -0.236. The van der Waals surface area contributed by atoms with Crippen LogP contribution in [0.2, 0.25) is 0 Å². The highest BCUT2D eigenvalue weighted by Crippen LogP contribution is 2.20. The molecule has 2 aromatic rings. The number of ether oxygens (including phenoxy) is 1. The number of esters is 1. The van der Waals surface area contributed by atoms with Gasteiger partial charge < -0.3 is 20.7 Å². The first-order valence-corrected chi connectivity index (χ1v) is 9.91. The largest absolute Gasteiger partial charge is 0.456 e. The van der Waals surface area contributed by atoms with E-state index < -0.39 is 18.5 Å². The van der Waals surface area contributed by atoms with E-state index in [9.17, 15) is 19.2 Å². The smallest absolute Gasteiger partial charge is 0.306 e. The van der Waals surface area contributed by atoms with Gasteiger partial charge in [0.25, 0.3) is 5.91 Å². The van der Waals surface area contributed by atoms with Gasteiger partial charge in [0.15, 0.2) is 6.61 Å². The van der Waals surface area contributed by atoms with Gasteiger partial charge in [0.05, 0.1) is 6.42 Å². The molecule has 9 heteroatoms. The first-order chi connectivity index (χ1) is 14.2. The summed E-state index contributed by atoms with van der Waals surface area (Å²) in [5.74, 6) is -1.66. The van der Waals surface area contributed by atoms with E-state index in [-0.39, 0.29) is 24.7 Å². The third-order valence-electron chi connectivity index (χ3n) is 3.85. The predicted octanol–water partition coefficient (Wildman–Crippen LogP) is 3.62. The number of halogens is 1. The molecule has 8 nitrogen and oxygen atoms in total. The number of hydrogen-bond acceptors (Lipinski definition) is 5. The topological polar surface area (TPSA) is 114 Å². The standard InChI is InChI=1S/C21H22BrN3O5/c1-13-11-17(7-8-18(13)22)25-20(28)12-30-21(29)10-9-19(27)24-16-5-3-15(4-6-16)23-14(2)26/h3-8,11H,9-10,12H2,1-2H3,(H,23,26)(H,24,27)(H,25,28). The highest BCUT2D eigenvalue weighted by Gasteiger charge is 2.11. The fourth-order valence-corrected chi connectivity index (χ4v) is 2.66. The van der Waals surface area contributed by atoms with Gasteiger partial charge in [-0.05, 0) is 55.0 Å². The van der Waals surface area contributed by atoms with E-state index in [1.165, 1.54) is 6.92 Å². The second-order valence-electron chi connectivity index (χ2n) is 6.48. The van der Waals surface area contributed by atoms with Crippen LogP contribution in [-0.2, 0) is 23.9 Å². The van der Waals surface area contributed by atoms with Crippen molar-refractivity contribution in [3.63, 3.8) is 0 Å². The minimum absolute atomic E-state index is 0.0835. The zero-order valence-electron chi connectivity index (χ0n) is 16.6. The van der Waals surface area contributed by atoms with E-state index in [1.807, 2.05) is 13.0 Å². The van der Waals surface area contributed by atoms with Crippen LogP contribution < -0.4 is 16.0 Å². The zero-order valence-corrected chi connectivity index (χ0v) is 18.2. The number of benzene rings is 2. The van der Waals surface area contributed by atoms with Gasteiger partial charge in [-0.25, -0.2) is 0 Å². The first kappa shape index (κ1) is 23.1. The molecule has 2 aromatic carbocycles. The van der Waals surface area contributed by atoms with Gasteiger partial charge in [-0.2, -0.15) is 0 Å². The number of hydrogen-bond donors (Lipinski definition) is 3. The van der Waals surface area contributed by atoms with Gasteiger partial charge in [-0.15, -0.1) is 0 Å². The maximum atomic E-state index is 11.9. The molecule has 0 saturated heterocycles. The number of rotatable bonds is 8. The van der Waals surface area contributed by atoms with Crippen molar-refractivity contribution in [2.75, 3.05) is 22.6 Å². The van der Waals surface area contributed by atoms with Crippen LogP contribution in [0, 0.1) is 6.92 Å². The Morgan fingerprint density at radius 1 is 0.833 bits per heavy atom. The van der Waals surface area contributed by atoms with Crippen molar-refractivity contribution in [1.82, 2.24) is 0 Å². The molecule has 0 unspecified atom stereocenters. The average molecular weight is 476 g/mol. The highest BCUT2D eigenvalue weighted by atomic mass is 79.9. The van der Waals surface area contributed by atoms with Crippen LogP contribution in [0.1, 0.15) is 25.3 Å². The van der Waals surface area contributed by atoms with Crippen molar-refractivity contribution < 1.29 is 23.9 Å². The van der Waals surface area contributed by atoms with Crippen LogP contribution in [0.5, 0.6) is 0 Å². The fourth-order valence-electron chi connectivity index (χ4n) is 2.42. The molecular weight excluding hydrogens is 454 g/mol. The SMILES string of the molecule is CC(=O)Nc1ccc(NC(=O)CCC(=O)OCC(=O)Nc2ccc(Br)c(C)c2)cc1. The van der Waals surface area contributed by atoms with Gasteiger partial charge in [0.2, 0.25) is 11.8 Å². The van der Waals surface area contributed by atoms with Crippen molar-refractivity contribution >= 4 is 56.7 Å². The van der Waals surface area contributed by atoms with Crippen molar-refractivity contribution in [1.29, 1.82) is 0 Å². The fraction of sp³-hybridized carbons (Fsp3) is 0.238. The molecule has 0 spiro atoms. The van der Waals surface area contributed by atoms with Crippen molar-refractivity contribution in [2.45, 2.75) is 26.7 Å². The number of anilines is 3. The van der Waals surface area contributed by atoms with E-state index in [1.54, 1.807) is 36.4 Å². The molecule has 0 aliphatic heterocycles. The second-order valence-corrected chi connectivity index (χ2v) is 7.33. The van der Waals surface area contributed by atoms with Crippen LogP contribution in [0.3, 0.4) is 0 Å². The molecule has 0 aromatic heterocycles. The normalized spacial score (nSPS) is 10.1. The Bertz CT molecular complexity index is 944. The minimum atomic E-state index is -0.645. The maximum absolute atomic E-state index is 11.9. The molecule has 0 atom stereocenters. The minimum Gasteiger partial charge on any atom is -0.456 e. The predicted molar refractivity (Wildman–Crippen MR) is 117 cm³/mol. The summed E-state index contributed by atoms with van der Waals surface area (Å²) in [6, 6.07) is 11.9. The molecule has 158 valence electrons. The summed E-state index contributed by atoms with van der Waals surface area (Å²) in [4.78, 5) is 46.6. The lowest BCUT2D eigenvalue weighted by Gasteiger charge is -2.09. The molecule has 0 fully saturated rings. The van der Waals surface area contributed by atoms with Gasteiger partial charge in [0, 0.05) is 34.9 Å². The van der Waals surface area contributed by atoms with E-state index in [0.29, 0.717) is 17.1 Å². The van der Waals surface area contributed by atoms with E-state index in [4.69, 9.17) is 4.74 Å². The Kier molecular flexibility index (Phi) is 8.54. The molecule has 0 bridgehead atoms. The van der Waals surface area contributed by atoms with Crippen molar-refractivity contribution in [3.05, 3.63) is 52.5 Å². The van der Waals surface area contributed by atoms with Gasteiger partial charge >= 0.3 is 5.97 Å². The first-order valence-electron chi connectivity index (χ1n) is 9.12. The molecule has 3 amide bonds. The molecule has 0 aliphatic carbocycles. The van der Waals surface area contributed by atoms with Crippen molar-refractivity contribution in [2.24, 2.45) is 0 Å². The maximum Gasteiger partial charge on any atom is 0.306 e. The van der Waals surface area contributed by atoms with E-state index in [2.05, 4.69) is 31.9 Å². The summed E-state index contributed by atoms with van der Waals surface area (Å²) in [7, 11) is 0. The Morgan fingerprint density at radius 3 is 2.00 bits per heavy atom. The molecule has 0 heterocycles. The second kappa shape index (κ2) is 11.1. The van der Waals surface area contributed by atoms with E-state index >= 15 is 0 Å². The lowest BCUT2D eigenvalue weighted by molar-refractivity contribution is -0.147. The van der Waals surface area contributed by atoms with Gasteiger partial charge in [-0.1, -0.05) is 15.9 Å². The lowest BCUT2D eigenvalue weighted by Crippen LogP contribution is -2.21. The number of nitrogens with one attached hydrogen (secondary N) is 3. The molecule has 0 radical (unpaired) electrons. The molecule has 0 aliphatic rings. The summed E-state index contributed by atoms with van der Waals surface area (Å²) in [6.45, 7) is 2.86. The third kappa shape index (κ3) is 8.04. The summed E-state index contributed by atoms with van der Waals surface area (Å²) < 4.78 is 5.83. The Balaban J connectivity index is 1.69. The molecule has 2 rings (SSSR count). The van der Waals surface area contributed by atoms with Gasteiger partial charge in [0.1, 0.15) is 0 Å². The summed E-state index contributed by atoms with van der Waals surface area (Å²) in [5, 5.41) is 7.90. The molecule has 0 saturated carbocycles. The monoisotopic (exact) mass is 475 g/mol. The Hall–Kier alpha value is -3.20. The number of carbonyl (C=O) groups excluding carboxylic acids is 4. The quantitative estimate of drug-likeness (QED) is 0.504. The van der Waals surface area contributed by atoms with Crippen LogP contribution in [-0.4, -0.2) is 30.3 Å². The van der Waals surface area contributed by atoms with Crippen LogP contribution in [0.15, 0.2) is 46.9 Å². The van der Waals surface area contributed by atoms with Crippen LogP contribution in [0.25, 0.3) is 0 Å². The van der Waals surface area contributed by atoms with Gasteiger partial charge in [-0.3, -0.25) is 19.2 Å².